The van der Waals surface area contributed by atoms with Gasteiger partial charge >= 0.3 is 0 Å². The minimum Gasteiger partial charge on any atom is -0.345 e. The van der Waals surface area contributed by atoms with E-state index in [1.165, 1.54) is 11.3 Å². The summed E-state index contributed by atoms with van der Waals surface area (Å²) in [6.07, 6.45) is 0. The maximum absolute atomic E-state index is 13.0. The number of amides is 1. The van der Waals surface area contributed by atoms with Crippen LogP contribution in [-0.4, -0.2) is 29.9 Å². The Morgan fingerprint density at radius 2 is 2.05 bits per heavy atom. The Morgan fingerprint density at radius 1 is 1.38 bits per heavy atom. The lowest BCUT2D eigenvalue weighted by atomic mass is 10.2. The second-order valence-electron chi connectivity index (χ2n) is 4.54. The number of nitrogens with two attached hydrogens (primary N) is 1. The monoisotopic (exact) mass is 311 g/mol. The van der Waals surface area contributed by atoms with Crippen LogP contribution >= 0.6 is 11.3 Å². The summed E-state index contributed by atoms with van der Waals surface area (Å²) in [5.41, 5.74) is 6.34. The fraction of sp³-hybridized carbons (Fsp3) is 0.286. The van der Waals surface area contributed by atoms with E-state index in [1.807, 2.05) is 30.3 Å². The number of aromatic nitrogens is 1. The largest absolute Gasteiger partial charge is 0.345 e. The molecule has 1 aromatic heterocycles. The van der Waals surface area contributed by atoms with Gasteiger partial charge in [-0.3, -0.25) is 4.79 Å². The van der Waals surface area contributed by atoms with Crippen molar-refractivity contribution in [3.05, 3.63) is 40.9 Å². The van der Waals surface area contributed by atoms with Crippen LogP contribution in [-0.2, 0) is 0 Å². The van der Waals surface area contributed by atoms with Crippen molar-refractivity contribution in [3.63, 3.8) is 0 Å². The normalized spacial score (nSPS) is 11.4. The van der Waals surface area contributed by atoms with Crippen molar-refractivity contribution < 1.29 is 13.6 Å². The molecule has 0 aliphatic carbocycles. The molecular weight excluding hydrogens is 296 g/mol. The summed E-state index contributed by atoms with van der Waals surface area (Å²) in [5.74, 6) is -3.66. The van der Waals surface area contributed by atoms with Crippen LogP contribution in [0.5, 0.6) is 0 Å². The zero-order valence-electron chi connectivity index (χ0n) is 11.4. The predicted molar refractivity (Wildman–Crippen MR) is 78.6 cm³/mol. The van der Waals surface area contributed by atoms with Crippen molar-refractivity contribution in [3.8, 4) is 10.6 Å². The highest BCUT2D eigenvalue weighted by Gasteiger charge is 2.28. The second kappa shape index (κ2) is 6.28. The van der Waals surface area contributed by atoms with Crippen LogP contribution in [0.25, 0.3) is 10.6 Å². The zero-order valence-corrected chi connectivity index (χ0v) is 12.2. The first-order valence-corrected chi connectivity index (χ1v) is 7.13. The molecule has 1 heterocycles. The molecule has 0 spiro atoms. The van der Waals surface area contributed by atoms with Crippen LogP contribution in [0.15, 0.2) is 30.3 Å². The summed E-state index contributed by atoms with van der Waals surface area (Å²) in [6.45, 7) is 0.101. The number of halogens is 2. The van der Waals surface area contributed by atoms with Crippen molar-refractivity contribution in [2.24, 2.45) is 5.73 Å². The lowest BCUT2D eigenvalue weighted by molar-refractivity contribution is 0.0119. The molecule has 112 valence electrons. The summed E-state index contributed by atoms with van der Waals surface area (Å²) in [7, 11) is 0. The summed E-state index contributed by atoms with van der Waals surface area (Å²) in [4.78, 5) is 16.6. The van der Waals surface area contributed by atoms with Crippen LogP contribution in [0.3, 0.4) is 0 Å². The minimum absolute atomic E-state index is 0.335. The molecule has 3 N–H and O–H groups in total. The third-order valence-electron chi connectivity index (χ3n) is 2.83. The summed E-state index contributed by atoms with van der Waals surface area (Å²) in [6, 6.07) is 9.37. The molecule has 1 aromatic carbocycles. The van der Waals surface area contributed by atoms with Crippen LogP contribution in [0.1, 0.15) is 15.4 Å². The Balaban J connectivity index is 2.14. The van der Waals surface area contributed by atoms with Crippen molar-refractivity contribution in [1.29, 1.82) is 0 Å². The lowest BCUT2D eigenvalue weighted by Crippen LogP contribution is -2.41. The molecule has 0 fully saturated rings. The first-order chi connectivity index (χ1) is 9.93. The van der Waals surface area contributed by atoms with Gasteiger partial charge in [0.05, 0.1) is 18.8 Å². The summed E-state index contributed by atoms with van der Waals surface area (Å²) >= 11 is 1.18. The van der Waals surface area contributed by atoms with E-state index in [0.717, 1.165) is 5.56 Å². The highest BCUT2D eigenvalue weighted by Crippen LogP contribution is 2.27. The molecule has 0 radical (unpaired) electrons. The first-order valence-electron chi connectivity index (χ1n) is 6.32. The van der Waals surface area contributed by atoms with E-state index < -0.39 is 24.9 Å². The summed E-state index contributed by atoms with van der Waals surface area (Å²) in [5, 5.41) is 2.88. The van der Waals surface area contributed by atoms with Gasteiger partial charge in [-0.05, 0) is 6.92 Å². The third kappa shape index (κ3) is 3.83. The number of aryl methyl sites for hydroxylation is 1. The number of hydrogen-bond donors (Lipinski definition) is 2. The fourth-order valence-corrected chi connectivity index (χ4v) is 2.66. The number of nitrogens with zero attached hydrogens (tertiary/aromatic N) is 1. The highest BCUT2D eigenvalue weighted by atomic mass is 32.1. The molecule has 0 bridgehead atoms. The third-order valence-corrected chi connectivity index (χ3v) is 4.04. The van der Waals surface area contributed by atoms with Gasteiger partial charge in [-0.15, -0.1) is 11.3 Å². The lowest BCUT2D eigenvalue weighted by Gasteiger charge is -2.13. The fourth-order valence-electron chi connectivity index (χ4n) is 1.67. The van der Waals surface area contributed by atoms with E-state index in [-0.39, 0.29) is 0 Å². The molecule has 0 saturated carbocycles. The van der Waals surface area contributed by atoms with Gasteiger partial charge in [0.2, 0.25) is 0 Å². The summed E-state index contributed by atoms with van der Waals surface area (Å²) < 4.78 is 26.1. The van der Waals surface area contributed by atoms with Gasteiger partial charge in [-0.2, -0.15) is 0 Å². The van der Waals surface area contributed by atoms with Gasteiger partial charge < -0.3 is 11.1 Å². The van der Waals surface area contributed by atoms with Crippen molar-refractivity contribution in [2.75, 3.05) is 13.1 Å². The molecule has 0 aliphatic rings. The molecule has 4 nitrogen and oxygen atoms in total. The second-order valence-corrected chi connectivity index (χ2v) is 5.54. The van der Waals surface area contributed by atoms with Crippen molar-refractivity contribution in [1.82, 2.24) is 10.3 Å². The number of carbonyl (C=O) groups excluding carboxylic acids is 1. The number of nitrogens with one attached hydrogen (secondary N) is 1. The van der Waals surface area contributed by atoms with Gasteiger partial charge in [-0.25, -0.2) is 13.8 Å². The number of hydrogen-bond acceptors (Lipinski definition) is 4. The predicted octanol–water partition coefficient (Wildman–Crippen LogP) is 2.44. The van der Waals surface area contributed by atoms with Gasteiger partial charge in [0.1, 0.15) is 9.88 Å². The number of thiazole rings is 1. The molecule has 21 heavy (non-hydrogen) atoms. The quantitative estimate of drug-likeness (QED) is 0.891. The molecule has 7 heteroatoms. The number of carbonyl (C=O) groups is 1. The molecule has 2 aromatic rings. The Hall–Kier alpha value is -1.86. The first kappa shape index (κ1) is 15.5. The minimum atomic E-state index is -3.10. The van der Waals surface area contributed by atoms with Crippen LogP contribution in [0.4, 0.5) is 8.78 Å². The Bertz CT molecular complexity index is 628. The molecular formula is C14H15F2N3OS. The van der Waals surface area contributed by atoms with Crippen molar-refractivity contribution >= 4 is 17.2 Å². The van der Waals surface area contributed by atoms with Crippen molar-refractivity contribution in [2.45, 2.75) is 12.8 Å². The molecule has 1 amide bonds. The maximum Gasteiger partial charge on any atom is 0.277 e. The topological polar surface area (TPSA) is 68.0 Å². The van der Waals surface area contributed by atoms with Crippen LogP contribution in [0, 0.1) is 6.92 Å². The molecule has 0 atom stereocenters. The SMILES string of the molecule is Cc1nc(-c2ccccc2)sc1C(=O)NCC(F)(F)CN. The Morgan fingerprint density at radius 3 is 2.67 bits per heavy atom. The van der Waals surface area contributed by atoms with E-state index in [1.54, 1.807) is 6.92 Å². The van der Waals surface area contributed by atoms with E-state index in [9.17, 15) is 13.6 Å². The van der Waals surface area contributed by atoms with Gasteiger partial charge in [-0.1, -0.05) is 30.3 Å². The average Bonchev–Trinajstić information content (AvgIpc) is 2.88. The van der Waals surface area contributed by atoms with Crippen LogP contribution < -0.4 is 11.1 Å². The van der Waals surface area contributed by atoms with Gasteiger partial charge in [0, 0.05) is 5.56 Å². The number of alkyl halides is 2. The Labute approximate surface area is 125 Å². The smallest absolute Gasteiger partial charge is 0.277 e. The standard InChI is InChI=1S/C14H15F2N3OS/c1-9-11(12(20)18-8-14(15,16)7-17)21-13(19-9)10-5-3-2-4-6-10/h2-6H,7-8,17H2,1H3,(H,18,20). The number of benzene rings is 1. The highest BCUT2D eigenvalue weighted by molar-refractivity contribution is 7.17. The van der Waals surface area contributed by atoms with E-state index >= 15 is 0 Å². The zero-order chi connectivity index (χ0) is 15.5. The van der Waals surface area contributed by atoms with E-state index in [4.69, 9.17) is 5.73 Å². The molecule has 0 saturated heterocycles. The maximum atomic E-state index is 13.0. The van der Waals surface area contributed by atoms with Crippen LogP contribution in [0.2, 0.25) is 0 Å². The number of rotatable bonds is 5. The molecule has 2 rings (SSSR count). The molecule has 0 unspecified atom stereocenters. The van der Waals surface area contributed by atoms with Gasteiger partial charge in [0.15, 0.2) is 0 Å². The van der Waals surface area contributed by atoms with E-state index in [2.05, 4.69) is 10.3 Å². The van der Waals surface area contributed by atoms with Gasteiger partial charge in [0.25, 0.3) is 11.8 Å². The van der Waals surface area contributed by atoms with E-state index in [0.29, 0.717) is 15.6 Å². The average molecular weight is 311 g/mol. The Kier molecular flexibility index (Phi) is 4.64. The molecule has 0 aliphatic heterocycles.